The van der Waals surface area contributed by atoms with Crippen LogP contribution < -0.4 is 4.74 Å². The minimum atomic E-state index is 0.396. The third-order valence-electron chi connectivity index (χ3n) is 2.95. The van der Waals surface area contributed by atoms with E-state index in [0.717, 1.165) is 10.0 Å². The fourth-order valence-corrected chi connectivity index (χ4v) is 2.60. The SMILES string of the molecule is Clc1cc(Br)cnc1Oc1ccc(-c2ccccc2)cc1. The zero-order chi connectivity index (χ0) is 14.7. The molecule has 0 aliphatic carbocycles. The van der Waals surface area contributed by atoms with E-state index < -0.39 is 0 Å². The molecule has 0 bridgehead atoms. The summed E-state index contributed by atoms with van der Waals surface area (Å²) in [7, 11) is 0. The van der Waals surface area contributed by atoms with Crippen molar-refractivity contribution in [2.45, 2.75) is 0 Å². The molecule has 4 heteroatoms. The molecular formula is C17H11BrClNO. The highest BCUT2D eigenvalue weighted by atomic mass is 79.9. The number of ether oxygens (including phenoxy) is 1. The minimum absolute atomic E-state index is 0.396. The first-order valence-corrected chi connectivity index (χ1v) is 7.54. The molecule has 0 fully saturated rings. The highest BCUT2D eigenvalue weighted by molar-refractivity contribution is 9.10. The van der Waals surface area contributed by atoms with Crippen molar-refractivity contribution in [2.75, 3.05) is 0 Å². The Balaban J connectivity index is 1.81. The zero-order valence-corrected chi connectivity index (χ0v) is 13.3. The average Bonchev–Trinajstić information content (AvgIpc) is 2.52. The third-order valence-corrected chi connectivity index (χ3v) is 3.65. The lowest BCUT2D eigenvalue weighted by molar-refractivity contribution is 0.463. The van der Waals surface area contributed by atoms with Crippen molar-refractivity contribution in [3.8, 4) is 22.8 Å². The van der Waals surface area contributed by atoms with Gasteiger partial charge in [-0.25, -0.2) is 4.98 Å². The maximum atomic E-state index is 6.09. The van der Waals surface area contributed by atoms with Gasteiger partial charge in [0, 0.05) is 10.7 Å². The number of rotatable bonds is 3. The van der Waals surface area contributed by atoms with Crippen LogP contribution in [-0.2, 0) is 0 Å². The fourth-order valence-electron chi connectivity index (χ4n) is 1.93. The topological polar surface area (TPSA) is 22.1 Å². The molecule has 3 rings (SSSR count). The van der Waals surface area contributed by atoms with Gasteiger partial charge in [-0.15, -0.1) is 0 Å². The summed E-state index contributed by atoms with van der Waals surface area (Å²) in [5.41, 5.74) is 2.31. The third kappa shape index (κ3) is 3.43. The van der Waals surface area contributed by atoms with Gasteiger partial charge in [0.05, 0.1) is 0 Å². The Morgan fingerprint density at radius 3 is 2.24 bits per heavy atom. The van der Waals surface area contributed by atoms with Crippen LogP contribution >= 0.6 is 27.5 Å². The Morgan fingerprint density at radius 1 is 0.905 bits per heavy atom. The van der Waals surface area contributed by atoms with Gasteiger partial charge < -0.3 is 4.74 Å². The summed E-state index contributed by atoms with van der Waals surface area (Å²) in [5, 5.41) is 0.469. The van der Waals surface area contributed by atoms with E-state index in [2.05, 4.69) is 33.0 Å². The molecule has 0 radical (unpaired) electrons. The van der Waals surface area contributed by atoms with E-state index in [0.29, 0.717) is 16.7 Å². The summed E-state index contributed by atoms with van der Waals surface area (Å²) in [4.78, 5) is 4.15. The van der Waals surface area contributed by atoms with E-state index in [1.807, 2.05) is 42.5 Å². The average molecular weight is 361 g/mol. The Kier molecular flexibility index (Phi) is 4.23. The number of halogens is 2. The van der Waals surface area contributed by atoms with Gasteiger partial charge >= 0.3 is 0 Å². The number of hydrogen-bond donors (Lipinski definition) is 0. The first-order chi connectivity index (χ1) is 10.2. The summed E-state index contributed by atoms with van der Waals surface area (Å²) in [6.07, 6.45) is 1.65. The molecule has 3 aromatic rings. The van der Waals surface area contributed by atoms with E-state index in [4.69, 9.17) is 16.3 Å². The van der Waals surface area contributed by atoms with Crippen LogP contribution in [0, 0.1) is 0 Å². The first kappa shape index (κ1) is 14.1. The standard InChI is InChI=1S/C17H11BrClNO/c18-14-10-16(19)17(20-11-14)21-15-8-6-13(7-9-15)12-4-2-1-3-5-12/h1-11H. The van der Waals surface area contributed by atoms with E-state index in [-0.39, 0.29) is 0 Å². The van der Waals surface area contributed by atoms with Crippen molar-refractivity contribution in [1.29, 1.82) is 0 Å². The molecular weight excluding hydrogens is 350 g/mol. The van der Waals surface area contributed by atoms with Gasteiger partial charge in [0.25, 0.3) is 0 Å². The lowest BCUT2D eigenvalue weighted by Gasteiger charge is -2.07. The van der Waals surface area contributed by atoms with Crippen LogP contribution in [0.4, 0.5) is 0 Å². The second kappa shape index (κ2) is 6.29. The molecule has 1 aromatic heterocycles. The van der Waals surface area contributed by atoms with Crippen molar-refractivity contribution in [1.82, 2.24) is 4.98 Å². The number of nitrogens with zero attached hydrogens (tertiary/aromatic N) is 1. The van der Waals surface area contributed by atoms with E-state index in [1.165, 1.54) is 5.56 Å². The second-order valence-electron chi connectivity index (χ2n) is 4.43. The Hall–Kier alpha value is -1.84. The molecule has 2 aromatic carbocycles. The summed E-state index contributed by atoms with van der Waals surface area (Å²) in [5.74, 6) is 1.10. The minimum Gasteiger partial charge on any atom is -0.438 e. The second-order valence-corrected chi connectivity index (χ2v) is 5.76. The fraction of sp³-hybridized carbons (Fsp3) is 0. The normalized spacial score (nSPS) is 10.4. The van der Waals surface area contributed by atoms with Gasteiger partial charge in [0.15, 0.2) is 0 Å². The van der Waals surface area contributed by atoms with E-state index in [1.54, 1.807) is 12.3 Å². The van der Waals surface area contributed by atoms with Crippen LogP contribution in [-0.4, -0.2) is 4.98 Å². The first-order valence-electron chi connectivity index (χ1n) is 6.37. The molecule has 0 aliphatic heterocycles. The molecule has 104 valence electrons. The van der Waals surface area contributed by atoms with Crippen molar-refractivity contribution in [3.63, 3.8) is 0 Å². The van der Waals surface area contributed by atoms with Crippen LogP contribution in [0.5, 0.6) is 11.6 Å². The molecule has 0 aliphatic rings. The van der Waals surface area contributed by atoms with Crippen molar-refractivity contribution in [2.24, 2.45) is 0 Å². The predicted octanol–water partition coefficient (Wildman–Crippen LogP) is 5.96. The van der Waals surface area contributed by atoms with E-state index >= 15 is 0 Å². The number of aromatic nitrogens is 1. The monoisotopic (exact) mass is 359 g/mol. The maximum Gasteiger partial charge on any atom is 0.238 e. The summed E-state index contributed by atoms with van der Waals surface area (Å²) in [6.45, 7) is 0. The molecule has 0 saturated carbocycles. The molecule has 21 heavy (non-hydrogen) atoms. The van der Waals surface area contributed by atoms with Gasteiger partial charge in [-0.2, -0.15) is 0 Å². The molecule has 0 N–H and O–H groups in total. The maximum absolute atomic E-state index is 6.09. The van der Waals surface area contributed by atoms with Gasteiger partial charge in [0.1, 0.15) is 10.8 Å². The smallest absolute Gasteiger partial charge is 0.238 e. The van der Waals surface area contributed by atoms with Gasteiger partial charge in [-0.3, -0.25) is 0 Å². The summed E-state index contributed by atoms with van der Waals surface area (Å²) >= 11 is 9.40. The van der Waals surface area contributed by atoms with Crippen LogP contribution in [0.1, 0.15) is 0 Å². The van der Waals surface area contributed by atoms with Crippen molar-refractivity contribution < 1.29 is 4.74 Å². The van der Waals surface area contributed by atoms with Gasteiger partial charge in [0.2, 0.25) is 5.88 Å². The number of pyridine rings is 1. The molecule has 0 amide bonds. The summed E-state index contributed by atoms with van der Waals surface area (Å²) < 4.78 is 6.51. The highest BCUT2D eigenvalue weighted by Gasteiger charge is 2.06. The lowest BCUT2D eigenvalue weighted by atomic mass is 10.1. The molecule has 0 unspecified atom stereocenters. The van der Waals surface area contributed by atoms with E-state index in [9.17, 15) is 0 Å². The Bertz CT molecular complexity index is 744. The molecule has 0 saturated heterocycles. The molecule has 1 heterocycles. The van der Waals surface area contributed by atoms with Crippen LogP contribution in [0.2, 0.25) is 5.02 Å². The van der Waals surface area contributed by atoms with Gasteiger partial charge in [-0.1, -0.05) is 54.1 Å². The molecule has 0 spiro atoms. The predicted molar refractivity (Wildman–Crippen MR) is 88.9 cm³/mol. The molecule has 2 nitrogen and oxygen atoms in total. The zero-order valence-electron chi connectivity index (χ0n) is 11.0. The number of benzene rings is 2. The van der Waals surface area contributed by atoms with Crippen LogP contribution in [0.25, 0.3) is 11.1 Å². The lowest BCUT2D eigenvalue weighted by Crippen LogP contribution is -1.89. The number of hydrogen-bond acceptors (Lipinski definition) is 2. The van der Waals surface area contributed by atoms with Crippen molar-refractivity contribution in [3.05, 3.63) is 76.4 Å². The molecule has 0 atom stereocenters. The largest absolute Gasteiger partial charge is 0.438 e. The highest BCUT2D eigenvalue weighted by Crippen LogP contribution is 2.30. The quantitative estimate of drug-likeness (QED) is 0.575. The van der Waals surface area contributed by atoms with Crippen LogP contribution in [0.15, 0.2) is 71.3 Å². The van der Waals surface area contributed by atoms with Crippen molar-refractivity contribution >= 4 is 27.5 Å². The van der Waals surface area contributed by atoms with Gasteiger partial charge in [-0.05, 0) is 45.3 Å². The Morgan fingerprint density at radius 2 is 1.57 bits per heavy atom. The Labute approximate surface area is 136 Å². The van der Waals surface area contributed by atoms with Crippen LogP contribution in [0.3, 0.4) is 0 Å². The summed E-state index contributed by atoms with van der Waals surface area (Å²) in [6, 6.07) is 19.8.